The highest BCUT2D eigenvalue weighted by Gasteiger charge is 2.31. The Balaban J connectivity index is 2.52. The molecule has 4 rings (SSSR count). The lowest BCUT2D eigenvalue weighted by Crippen LogP contribution is -2.05. The molecule has 0 N–H and O–H groups in total. The molecule has 3 aromatic rings. The monoisotopic (exact) mass is 370 g/mol. The minimum Gasteiger partial charge on any atom is -0.0625 e. The van der Waals surface area contributed by atoms with Crippen molar-refractivity contribution in [3.63, 3.8) is 0 Å². The third kappa shape index (κ3) is 2.07. The van der Waals surface area contributed by atoms with Crippen LogP contribution in [0.25, 0.3) is 27.1 Å². The van der Waals surface area contributed by atoms with E-state index in [0.29, 0.717) is 5.92 Å². The fraction of sp³-hybridized carbons (Fsp3) is 0.429. The molecule has 1 aliphatic rings. The van der Waals surface area contributed by atoms with Crippen LogP contribution < -0.4 is 0 Å². The van der Waals surface area contributed by atoms with Crippen molar-refractivity contribution in [3.8, 4) is 0 Å². The third-order valence-electron chi connectivity index (χ3n) is 8.46. The van der Waals surface area contributed by atoms with Crippen molar-refractivity contribution in [2.45, 2.75) is 82.1 Å². The summed E-state index contributed by atoms with van der Waals surface area (Å²) < 4.78 is 0. The van der Waals surface area contributed by atoms with Gasteiger partial charge in [0, 0.05) is 5.92 Å². The van der Waals surface area contributed by atoms with E-state index in [9.17, 15) is 0 Å². The fourth-order valence-corrected chi connectivity index (χ4v) is 5.72. The maximum Gasteiger partial charge on any atom is 0.00355 e. The molecule has 28 heavy (non-hydrogen) atoms. The van der Waals surface area contributed by atoms with Crippen LogP contribution in [0.3, 0.4) is 0 Å². The van der Waals surface area contributed by atoms with Crippen LogP contribution >= 0.6 is 0 Å². The number of allylic oxidation sites excluding steroid dienone is 2. The Morgan fingerprint density at radius 3 is 1.25 bits per heavy atom. The number of hydrogen-bond donors (Lipinski definition) is 0. The Kier molecular flexibility index (Phi) is 4.10. The smallest absolute Gasteiger partial charge is 0.00355 e. The summed E-state index contributed by atoms with van der Waals surface area (Å²) in [7, 11) is 0. The molecule has 0 heteroatoms. The summed E-state index contributed by atoms with van der Waals surface area (Å²) >= 11 is 0. The quantitative estimate of drug-likeness (QED) is 0.349. The average Bonchev–Trinajstić information content (AvgIpc) is 2.90. The Hall–Kier alpha value is -2.08. The second-order valence-electron chi connectivity index (χ2n) is 9.32. The van der Waals surface area contributed by atoms with Crippen LogP contribution in [0, 0.1) is 55.4 Å². The molecular formula is C28H34. The van der Waals surface area contributed by atoms with Gasteiger partial charge in [-0.3, -0.25) is 0 Å². The molecule has 0 bridgehead atoms. The zero-order valence-corrected chi connectivity index (χ0v) is 19.6. The topological polar surface area (TPSA) is 0 Å². The molecule has 0 saturated carbocycles. The largest absolute Gasteiger partial charge is 0.0625 e. The number of rotatable bonds is 0. The van der Waals surface area contributed by atoms with Crippen molar-refractivity contribution < 1.29 is 0 Å². The first kappa shape index (κ1) is 19.2. The summed E-state index contributed by atoms with van der Waals surface area (Å²) in [6, 6.07) is 0. The van der Waals surface area contributed by atoms with Crippen LogP contribution in [0.1, 0.15) is 82.3 Å². The molecule has 0 fully saturated rings. The van der Waals surface area contributed by atoms with Gasteiger partial charge in [-0.05, 0) is 152 Å². The molecule has 0 heterocycles. The summed E-state index contributed by atoms with van der Waals surface area (Å²) in [5.41, 5.74) is 17.8. The maximum absolute atomic E-state index is 2.41. The maximum atomic E-state index is 2.41. The van der Waals surface area contributed by atoms with Gasteiger partial charge in [0.15, 0.2) is 0 Å². The predicted octanol–water partition coefficient (Wildman–Crippen LogP) is 8.37. The molecule has 0 aromatic heterocycles. The highest BCUT2D eigenvalue weighted by atomic mass is 14.3. The normalized spacial score (nSPS) is 16.6. The highest BCUT2D eigenvalue weighted by Crippen LogP contribution is 2.52. The molecule has 0 radical (unpaired) electrons. The van der Waals surface area contributed by atoms with E-state index in [1.165, 1.54) is 82.8 Å². The van der Waals surface area contributed by atoms with E-state index in [1.807, 2.05) is 0 Å². The molecule has 0 amide bonds. The Morgan fingerprint density at radius 1 is 0.429 bits per heavy atom. The number of benzene rings is 3. The van der Waals surface area contributed by atoms with Gasteiger partial charge in [0.25, 0.3) is 0 Å². The third-order valence-corrected chi connectivity index (χ3v) is 8.46. The molecule has 1 unspecified atom stereocenters. The summed E-state index contributed by atoms with van der Waals surface area (Å²) in [6.07, 6.45) is 0. The van der Waals surface area contributed by atoms with Crippen LogP contribution in [-0.4, -0.2) is 0 Å². The van der Waals surface area contributed by atoms with Gasteiger partial charge < -0.3 is 0 Å². The van der Waals surface area contributed by atoms with Crippen LogP contribution in [-0.2, 0) is 0 Å². The molecule has 3 aromatic carbocycles. The molecule has 0 saturated heterocycles. The standard InChI is InChI=1S/C28H34/c1-12-14(3)19(8)25-23(17(12)6)24-18(7)13(2)15(4)20(9)26(24)28-22(11)16(5)21(10)27(25)28/h21H,1-11H3. The van der Waals surface area contributed by atoms with E-state index >= 15 is 0 Å². The molecule has 0 nitrogen and oxygen atoms in total. The second-order valence-corrected chi connectivity index (χ2v) is 9.32. The molecule has 146 valence electrons. The van der Waals surface area contributed by atoms with Crippen molar-refractivity contribution in [3.05, 3.63) is 61.2 Å². The number of fused-ring (bicyclic) bond motifs is 6. The summed E-state index contributed by atoms with van der Waals surface area (Å²) in [5, 5.41) is 6.04. The average molecular weight is 371 g/mol. The Bertz CT molecular complexity index is 1250. The lowest BCUT2D eigenvalue weighted by Gasteiger charge is -2.25. The van der Waals surface area contributed by atoms with Crippen molar-refractivity contribution in [2.24, 2.45) is 0 Å². The van der Waals surface area contributed by atoms with Crippen molar-refractivity contribution in [2.75, 3.05) is 0 Å². The van der Waals surface area contributed by atoms with Crippen LogP contribution in [0.15, 0.2) is 5.57 Å². The van der Waals surface area contributed by atoms with E-state index in [2.05, 4.69) is 76.2 Å². The zero-order valence-electron chi connectivity index (χ0n) is 19.6. The molecule has 1 atom stereocenters. The summed E-state index contributed by atoms with van der Waals surface area (Å²) in [6.45, 7) is 25.7. The second kappa shape index (κ2) is 5.96. The minimum absolute atomic E-state index is 0.489. The van der Waals surface area contributed by atoms with Crippen LogP contribution in [0.2, 0.25) is 0 Å². The first-order valence-corrected chi connectivity index (χ1v) is 10.7. The highest BCUT2D eigenvalue weighted by molar-refractivity contribution is 6.20. The Morgan fingerprint density at radius 2 is 0.786 bits per heavy atom. The predicted molar refractivity (Wildman–Crippen MR) is 126 cm³/mol. The van der Waals surface area contributed by atoms with E-state index in [4.69, 9.17) is 0 Å². The van der Waals surface area contributed by atoms with E-state index in [0.717, 1.165) is 0 Å². The lowest BCUT2D eigenvalue weighted by molar-refractivity contribution is 0.928. The van der Waals surface area contributed by atoms with Crippen LogP contribution in [0.4, 0.5) is 0 Å². The van der Waals surface area contributed by atoms with Gasteiger partial charge in [-0.2, -0.15) is 0 Å². The van der Waals surface area contributed by atoms with Gasteiger partial charge in [-0.15, -0.1) is 0 Å². The van der Waals surface area contributed by atoms with E-state index in [1.54, 1.807) is 5.56 Å². The molecule has 0 spiro atoms. The summed E-state index contributed by atoms with van der Waals surface area (Å²) in [5.74, 6) is 0.489. The van der Waals surface area contributed by atoms with E-state index < -0.39 is 0 Å². The Labute approximate surface area is 170 Å². The van der Waals surface area contributed by atoms with Gasteiger partial charge in [0.2, 0.25) is 0 Å². The first-order chi connectivity index (χ1) is 13.0. The molecule has 1 aliphatic carbocycles. The number of aryl methyl sites for hydroxylation is 4. The SMILES string of the molecule is CC1=C(C)C(C)c2c1c1c(C)c(C)c(C)c(C)c1c1c(C)c(C)c(C)c(C)c21. The minimum atomic E-state index is 0.489. The zero-order chi connectivity index (χ0) is 20.8. The van der Waals surface area contributed by atoms with Crippen LogP contribution in [0.5, 0.6) is 0 Å². The van der Waals surface area contributed by atoms with Gasteiger partial charge >= 0.3 is 0 Å². The summed E-state index contributed by atoms with van der Waals surface area (Å²) in [4.78, 5) is 0. The van der Waals surface area contributed by atoms with E-state index in [-0.39, 0.29) is 0 Å². The van der Waals surface area contributed by atoms with Gasteiger partial charge in [0.1, 0.15) is 0 Å². The van der Waals surface area contributed by atoms with Gasteiger partial charge in [-0.25, -0.2) is 0 Å². The number of hydrogen-bond acceptors (Lipinski definition) is 0. The van der Waals surface area contributed by atoms with Crippen molar-refractivity contribution in [1.82, 2.24) is 0 Å². The van der Waals surface area contributed by atoms with Crippen molar-refractivity contribution >= 4 is 27.1 Å². The molecule has 0 aliphatic heterocycles. The first-order valence-electron chi connectivity index (χ1n) is 10.7. The molecular weight excluding hydrogens is 336 g/mol. The lowest BCUT2D eigenvalue weighted by atomic mass is 9.78. The van der Waals surface area contributed by atoms with Gasteiger partial charge in [0.05, 0.1) is 0 Å². The fourth-order valence-electron chi connectivity index (χ4n) is 5.72. The van der Waals surface area contributed by atoms with Gasteiger partial charge in [-0.1, -0.05) is 12.5 Å². The van der Waals surface area contributed by atoms with Crippen molar-refractivity contribution in [1.29, 1.82) is 0 Å².